The molecule has 0 spiro atoms. The second-order valence-electron chi connectivity index (χ2n) is 5.85. The molecule has 2 amide bonds. The Labute approximate surface area is 140 Å². The van der Waals surface area contributed by atoms with Crippen LogP contribution in [0.2, 0.25) is 0 Å². The smallest absolute Gasteiger partial charge is 0.328 e. The summed E-state index contributed by atoms with van der Waals surface area (Å²) in [5.41, 5.74) is 0.878. The predicted octanol–water partition coefficient (Wildman–Crippen LogP) is -0.131. The number of esters is 1. The fraction of sp³-hybridized carbons (Fsp3) is 0.471. The van der Waals surface area contributed by atoms with Crippen LogP contribution in [0.5, 0.6) is 0 Å². The Morgan fingerprint density at radius 2 is 2.00 bits per heavy atom. The van der Waals surface area contributed by atoms with Crippen LogP contribution >= 0.6 is 0 Å². The maximum Gasteiger partial charge on any atom is 0.328 e. The van der Waals surface area contributed by atoms with E-state index in [2.05, 4.69) is 5.32 Å². The van der Waals surface area contributed by atoms with E-state index in [1.807, 2.05) is 30.3 Å². The van der Waals surface area contributed by atoms with Crippen LogP contribution in [0, 0.1) is 0 Å². The van der Waals surface area contributed by atoms with Gasteiger partial charge in [0.25, 0.3) is 0 Å². The normalized spacial score (nSPS) is 21.2. The molecule has 0 radical (unpaired) electrons. The number of methoxy groups -OCH3 is 1. The Balaban J connectivity index is 2.09. The van der Waals surface area contributed by atoms with Crippen molar-refractivity contribution in [3.05, 3.63) is 35.9 Å². The van der Waals surface area contributed by atoms with Crippen LogP contribution in [0.25, 0.3) is 0 Å². The van der Waals surface area contributed by atoms with Gasteiger partial charge in [-0.05, 0) is 5.56 Å². The highest BCUT2D eigenvalue weighted by Crippen LogP contribution is 2.18. The molecule has 0 aliphatic carbocycles. The Hall–Kier alpha value is -2.41. The number of β-amino-alcohol motifs (C(OH)–C–C–N with tert-alkyl or cyclic N) is 1. The Bertz CT molecular complexity index is 604. The molecule has 7 heteroatoms. The van der Waals surface area contributed by atoms with Gasteiger partial charge < -0.3 is 20.1 Å². The van der Waals surface area contributed by atoms with Gasteiger partial charge in [0, 0.05) is 26.3 Å². The Kier molecular flexibility index (Phi) is 5.92. The summed E-state index contributed by atoms with van der Waals surface area (Å²) in [6, 6.07) is 7.62. The third-order valence-corrected chi connectivity index (χ3v) is 4.07. The molecule has 1 aromatic rings. The van der Waals surface area contributed by atoms with Gasteiger partial charge in [0.1, 0.15) is 12.1 Å². The molecule has 1 heterocycles. The highest BCUT2D eigenvalue weighted by molar-refractivity contribution is 5.91. The summed E-state index contributed by atoms with van der Waals surface area (Å²) in [5, 5.41) is 12.4. The molecule has 1 saturated heterocycles. The summed E-state index contributed by atoms with van der Waals surface area (Å²) in [6.45, 7) is 1.47. The van der Waals surface area contributed by atoms with Gasteiger partial charge >= 0.3 is 5.97 Å². The highest BCUT2D eigenvalue weighted by atomic mass is 16.5. The van der Waals surface area contributed by atoms with Crippen LogP contribution < -0.4 is 5.32 Å². The molecule has 7 nitrogen and oxygen atoms in total. The molecule has 0 unspecified atom stereocenters. The number of carbonyl (C=O) groups is 3. The van der Waals surface area contributed by atoms with E-state index in [0.717, 1.165) is 5.56 Å². The average molecular weight is 334 g/mol. The monoisotopic (exact) mass is 334 g/mol. The number of ether oxygens (including phenoxy) is 1. The van der Waals surface area contributed by atoms with Crippen LogP contribution in [0.1, 0.15) is 18.9 Å². The van der Waals surface area contributed by atoms with Crippen molar-refractivity contribution in [1.82, 2.24) is 10.2 Å². The Morgan fingerprint density at radius 1 is 1.33 bits per heavy atom. The fourth-order valence-electron chi connectivity index (χ4n) is 2.86. The summed E-state index contributed by atoms with van der Waals surface area (Å²) in [7, 11) is 1.26. The molecule has 0 bridgehead atoms. The second kappa shape index (κ2) is 7.92. The van der Waals surface area contributed by atoms with E-state index in [0.29, 0.717) is 0 Å². The molecule has 0 saturated carbocycles. The predicted molar refractivity (Wildman–Crippen MR) is 85.9 cm³/mol. The lowest BCUT2D eigenvalue weighted by molar-refractivity contribution is -0.146. The van der Waals surface area contributed by atoms with E-state index in [1.54, 1.807) is 0 Å². The second-order valence-corrected chi connectivity index (χ2v) is 5.85. The topological polar surface area (TPSA) is 95.9 Å². The first-order valence-electron chi connectivity index (χ1n) is 7.79. The van der Waals surface area contributed by atoms with Crippen molar-refractivity contribution < 1.29 is 24.2 Å². The molecule has 1 aliphatic heterocycles. The number of nitrogens with zero attached hydrogens (tertiary/aromatic N) is 1. The van der Waals surface area contributed by atoms with Crippen molar-refractivity contribution in [2.45, 2.75) is 38.0 Å². The zero-order valence-corrected chi connectivity index (χ0v) is 13.8. The van der Waals surface area contributed by atoms with E-state index >= 15 is 0 Å². The van der Waals surface area contributed by atoms with Crippen molar-refractivity contribution in [1.29, 1.82) is 0 Å². The molecule has 1 aromatic carbocycles. The lowest BCUT2D eigenvalue weighted by atomic mass is 10.1. The quantitative estimate of drug-likeness (QED) is 0.731. The minimum absolute atomic E-state index is 0.120. The van der Waals surface area contributed by atoms with E-state index < -0.39 is 30.1 Å². The number of amides is 2. The molecule has 24 heavy (non-hydrogen) atoms. The number of aliphatic hydroxyl groups is 1. The number of carbonyl (C=O) groups excluding carboxylic acids is 3. The molecule has 130 valence electrons. The third kappa shape index (κ3) is 4.32. The lowest BCUT2D eigenvalue weighted by Crippen LogP contribution is -2.51. The molecule has 2 rings (SSSR count). The van der Waals surface area contributed by atoms with E-state index in [1.165, 1.54) is 18.9 Å². The van der Waals surface area contributed by atoms with Crippen molar-refractivity contribution >= 4 is 17.8 Å². The van der Waals surface area contributed by atoms with Crippen molar-refractivity contribution in [3.8, 4) is 0 Å². The fourth-order valence-corrected chi connectivity index (χ4v) is 2.86. The largest absolute Gasteiger partial charge is 0.467 e. The zero-order valence-electron chi connectivity index (χ0n) is 13.8. The third-order valence-electron chi connectivity index (χ3n) is 4.07. The zero-order chi connectivity index (χ0) is 17.7. The van der Waals surface area contributed by atoms with Gasteiger partial charge in [0.2, 0.25) is 11.8 Å². The van der Waals surface area contributed by atoms with Gasteiger partial charge in [-0.2, -0.15) is 0 Å². The molecule has 2 N–H and O–H groups in total. The minimum atomic E-state index is -0.851. The van der Waals surface area contributed by atoms with Gasteiger partial charge in [-0.25, -0.2) is 4.79 Å². The summed E-state index contributed by atoms with van der Waals surface area (Å²) in [5.74, 6) is -1.31. The summed E-state index contributed by atoms with van der Waals surface area (Å²) in [6.07, 6.45) is -0.297. The summed E-state index contributed by atoms with van der Waals surface area (Å²) < 4.78 is 4.76. The van der Waals surface area contributed by atoms with E-state index in [-0.39, 0.29) is 25.3 Å². The van der Waals surface area contributed by atoms with Gasteiger partial charge in [-0.15, -0.1) is 0 Å². The number of likely N-dealkylation sites (tertiary alicyclic amines) is 1. The number of hydrogen-bond donors (Lipinski definition) is 2. The van der Waals surface area contributed by atoms with Crippen molar-refractivity contribution in [3.63, 3.8) is 0 Å². The number of hydrogen-bond acceptors (Lipinski definition) is 5. The van der Waals surface area contributed by atoms with Crippen molar-refractivity contribution in [2.24, 2.45) is 0 Å². The molecule has 3 atom stereocenters. The first-order chi connectivity index (χ1) is 11.4. The van der Waals surface area contributed by atoms with Crippen molar-refractivity contribution in [2.75, 3.05) is 13.7 Å². The van der Waals surface area contributed by atoms with E-state index in [4.69, 9.17) is 4.74 Å². The summed E-state index contributed by atoms with van der Waals surface area (Å²) >= 11 is 0. The molecule has 1 fully saturated rings. The van der Waals surface area contributed by atoms with Gasteiger partial charge in [-0.1, -0.05) is 30.3 Å². The average Bonchev–Trinajstić information content (AvgIpc) is 2.96. The first kappa shape index (κ1) is 17.9. The number of nitrogens with one attached hydrogen (secondary N) is 1. The number of benzene rings is 1. The minimum Gasteiger partial charge on any atom is -0.467 e. The molecular weight excluding hydrogens is 312 g/mol. The SMILES string of the molecule is COC(=O)[C@H](Cc1ccccc1)NC(=O)[C@@H]1C[C@@H](O)CN1C(C)=O. The van der Waals surface area contributed by atoms with Gasteiger partial charge in [0.05, 0.1) is 13.2 Å². The van der Waals surface area contributed by atoms with Crippen LogP contribution in [-0.4, -0.2) is 59.6 Å². The maximum absolute atomic E-state index is 12.5. The first-order valence-corrected chi connectivity index (χ1v) is 7.79. The van der Waals surface area contributed by atoms with E-state index in [9.17, 15) is 19.5 Å². The standard InChI is InChI=1S/C17H22N2O5/c1-11(20)19-10-13(21)9-15(19)16(22)18-14(17(23)24-2)8-12-6-4-3-5-7-12/h3-7,13-15,21H,8-10H2,1-2H3,(H,18,22)/t13-,14+,15+/m1/s1. The highest BCUT2D eigenvalue weighted by Gasteiger charge is 2.38. The van der Waals surface area contributed by atoms with Crippen LogP contribution in [0.3, 0.4) is 0 Å². The summed E-state index contributed by atoms with van der Waals surface area (Å²) in [4.78, 5) is 37.4. The lowest BCUT2D eigenvalue weighted by Gasteiger charge is -2.24. The van der Waals surface area contributed by atoms with Crippen LogP contribution in [0.4, 0.5) is 0 Å². The Morgan fingerprint density at radius 3 is 2.58 bits per heavy atom. The van der Waals surface area contributed by atoms with Gasteiger partial charge in [0.15, 0.2) is 0 Å². The van der Waals surface area contributed by atoms with Crippen LogP contribution in [0.15, 0.2) is 30.3 Å². The van der Waals surface area contributed by atoms with Gasteiger partial charge in [-0.3, -0.25) is 9.59 Å². The van der Waals surface area contributed by atoms with Crippen LogP contribution in [-0.2, 0) is 25.5 Å². The molecular formula is C17H22N2O5. The molecule has 1 aliphatic rings. The number of aliphatic hydroxyl groups excluding tert-OH is 1. The number of rotatable bonds is 5. The maximum atomic E-state index is 12.5. The molecule has 0 aromatic heterocycles.